The summed E-state index contributed by atoms with van der Waals surface area (Å²) in [4.78, 5) is 23.9. The number of hydrogen-bond acceptors (Lipinski definition) is 3. The second-order valence-electron chi connectivity index (χ2n) is 8.39. The number of fused-ring (bicyclic) bond motifs is 1. The van der Waals surface area contributed by atoms with Gasteiger partial charge in [-0.2, -0.15) is 13.2 Å². The second-order valence-corrected chi connectivity index (χ2v) is 8.39. The minimum Gasteiger partial charge on any atom is -0.357 e. The molecular weight excluding hydrogens is 424 g/mol. The van der Waals surface area contributed by atoms with Crippen LogP contribution in [0.1, 0.15) is 41.8 Å². The fraction of sp³-hybridized carbons (Fsp3) is 0.391. The van der Waals surface area contributed by atoms with E-state index in [4.69, 9.17) is 0 Å². The smallest absolute Gasteiger partial charge is 0.357 e. The molecule has 1 aromatic carbocycles. The number of nitrogens with zero attached hydrogens (tertiary/aromatic N) is 3. The molecule has 1 aliphatic heterocycles. The van der Waals surface area contributed by atoms with E-state index in [1.54, 1.807) is 42.1 Å². The number of likely N-dealkylation sites (tertiary alicyclic amines) is 1. The summed E-state index contributed by atoms with van der Waals surface area (Å²) in [6.45, 7) is 1.04. The highest BCUT2D eigenvalue weighted by molar-refractivity contribution is 5.83. The Hall–Kier alpha value is -2.94. The van der Waals surface area contributed by atoms with Crippen LogP contribution in [-0.4, -0.2) is 52.9 Å². The van der Waals surface area contributed by atoms with Gasteiger partial charge in [0.05, 0.1) is 11.0 Å². The molecule has 0 spiro atoms. The molecule has 170 valence electrons. The van der Waals surface area contributed by atoms with Crippen LogP contribution in [0.3, 0.4) is 0 Å². The van der Waals surface area contributed by atoms with Crippen molar-refractivity contribution in [3.8, 4) is 0 Å². The number of likely N-dealkylation sites (N-methyl/N-ethyl adjacent to an activating group) is 1. The van der Waals surface area contributed by atoms with E-state index in [2.05, 4.69) is 9.97 Å². The molecule has 0 saturated carbocycles. The van der Waals surface area contributed by atoms with Gasteiger partial charge in [0.2, 0.25) is 5.91 Å². The van der Waals surface area contributed by atoms with Crippen LogP contribution < -0.4 is 0 Å². The predicted octanol–water partition coefficient (Wildman–Crippen LogP) is 4.73. The molecule has 3 aromatic rings. The first-order chi connectivity index (χ1) is 15.1. The van der Waals surface area contributed by atoms with Gasteiger partial charge >= 0.3 is 6.18 Å². The molecule has 5 nitrogen and oxygen atoms in total. The number of rotatable bonds is 4. The summed E-state index contributed by atoms with van der Waals surface area (Å²) in [6, 6.07) is 9.35. The van der Waals surface area contributed by atoms with Crippen molar-refractivity contribution < 1.29 is 22.4 Å². The number of aromatic amines is 1. The van der Waals surface area contributed by atoms with E-state index in [0.29, 0.717) is 24.2 Å². The number of halogens is 4. The van der Waals surface area contributed by atoms with Crippen molar-refractivity contribution in [2.75, 3.05) is 27.2 Å². The van der Waals surface area contributed by atoms with Gasteiger partial charge in [-0.25, -0.2) is 9.37 Å². The lowest BCUT2D eigenvalue weighted by Crippen LogP contribution is -2.45. The number of H-pyrrole nitrogens is 1. The summed E-state index contributed by atoms with van der Waals surface area (Å²) >= 11 is 0. The molecule has 4 rings (SSSR count). The van der Waals surface area contributed by atoms with Gasteiger partial charge in [-0.3, -0.25) is 9.69 Å². The Morgan fingerprint density at radius 2 is 1.91 bits per heavy atom. The van der Waals surface area contributed by atoms with E-state index < -0.39 is 17.9 Å². The van der Waals surface area contributed by atoms with Gasteiger partial charge < -0.3 is 9.88 Å². The Morgan fingerprint density at radius 1 is 1.19 bits per heavy atom. The number of alkyl halides is 3. The standard InChI is InChI=1S/C23H24F4N4O/c1-30(2)21(14-5-7-16(24)8-6-14)22(32)31-11-3-4-15(13-31)18-12-19-17(28-18)9-10-20(29-19)23(25,26)27/h5-10,12,15,21,28H,3-4,11,13H2,1-2H3/t15-,21-/m1/s1. The van der Waals surface area contributed by atoms with Gasteiger partial charge in [0.1, 0.15) is 17.6 Å². The summed E-state index contributed by atoms with van der Waals surface area (Å²) in [5, 5.41) is 0. The number of nitrogens with one attached hydrogen (secondary N) is 1. The zero-order chi connectivity index (χ0) is 23.0. The van der Waals surface area contributed by atoms with Gasteiger partial charge in [0.15, 0.2) is 0 Å². The van der Waals surface area contributed by atoms with Crippen LogP contribution in [0.5, 0.6) is 0 Å². The predicted molar refractivity (Wildman–Crippen MR) is 112 cm³/mol. The summed E-state index contributed by atoms with van der Waals surface area (Å²) in [5.74, 6) is -0.481. The Bertz CT molecular complexity index is 1110. The molecule has 0 aliphatic carbocycles. The third kappa shape index (κ3) is 4.48. The fourth-order valence-corrected chi connectivity index (χ4v) is 4.32. The summed E-state index contributed by atoms with van der Waals surface area (Å²) in [7, 11) is 3.60. The number of pyridine rings is 1. The van der Waals surface area contributed by atoms with Crippen LogP contribution in [0.25, 0.3) is 11.0 Å². The molecule has 2 aromatic heterocycles. The highest BCUT2D eigenvalue weighted by atomic mass is 19.4. The average molecular weight is 448 g/mol. The SMILES string of the molecule is CN(C)[C@@H](C(=O)N1CCC[C@@H](c2cc3nc(C(F)(F)F)ccc3[nH]2)C1)c1ccc(F)cc1. The molecule has 9 heteroatoms. The molecular formula is C23H24F4N4O. The van der Waals surface area contributed by atoms with Crippen LogP contribution in [0.15, 0.2) is 42.5 Å². The van der Waals surface area contributed by atoms with Crippen molar-refractivity contribution in [2.24, 2.45) is 0 Å². The van der Waals surface area contributed by atoms with Crippen molar-refractivity contribution in [3.63, 3.8) is 0 Å². The summed E-state index contributed by atoms with van der Waals surface area (Å²) < 4.78 is 52.3. The quantitative estimate of drug-likeness (QED) is 0.587. The number of amides is 1. The van der Waals surface area contributed by atoms with E-state index >= 15 is 0 Å². The van der Waals surface area contributed by atoms with Crippen LogP contribution in [0, 0.1) is 5.82 Å². The maximum atomic E-state index is 13.4. The van der Waals surface area contributed by atoms with E-state index in [1.165, 1.54) is 18.2 Å². The molecule has 0 bridgehead atoms. The van der Waals surface area contributed by atoms with Crippen molar-refractivity contribution in [1.29, 1.82) is 0 Å². The van der Waals surface area contributed by atoms with Crippen molar-refractivity contribution in [1.82, 2.24) is 19.8 Å². The Kier molecular flexibility index (Phi) is 5.94. The van der Waals surface area contributed by atoms with E-state index in [0.717, 1.165) is 24.6 Å². The Labute approximate surface area is 183 Å². The lowest BCUT2D eigenvalue weighted by atomic mass is 9.93. The highest BCUT2D eigenvalue weighted by Crippen LogP contribution is 2.33. The molecule has 1 amide bonds. The number of piperidine rings is 1. The van der Waals surface area contributed by atoms with Gasteiger partial charge in [0, 0.05) is 24.7 Å². The number of hydrogen-bond donors (Lipinski definition) is 1. The van der Waals surface area contributed by atoms with Crippen LogP contribution >= 0.6 is 0 Å². The van der Waals surface area contributed by atoms with Crippen LogP contribution in [-0.2, 0) is 11.0 Å². The number of aromatic nitrogens is 2. The van der Waals surface area contributed by atoms with E-state index in [9.17, 15) is 22.4 Å². The molecule has 1 N–H and O–H groups in total. The normalized spacial score (nSPS) is 18.3. The second kappa shape index (κ2) is 8.54. The molecule has 0 unspecified atom stereocenters. The highest BCUT2D eigenvalue weighted by Gasteiger charge is 2.34. The molecule has 3 heterocycles. The topological polar surface area (TPSA) is 52.2 Å². The largest absolute Gasteiger partial charge is 0.433 e. The number of carbonyl (C=O) groups is 1. The zero-order valence-corrected chi connectivity index (χ0v) is 17.8. The minimum atomic E-state index is -4.50. The van der Waals surface area contributed by atoms with Gasteiger partial charge in [-0.1, -0.05) is 12.1 Å². The first-order valence-corrected chi connectivity index (χ1v) is 10.4. The third-order valence-electron chi connectivity index (χ3n) is 5.90. The maximum absolute atomic E-state index is 13.4. The maximum Gasteiger partial charge on any atom is 0.433 e. The molecule has 1 fully saturated rings. The molecule has 2 atom stereocenters. The average Bonchev–Trinajstić information content (AvgIpc) is 3.18. The fourth-order valence-electron chi connectivity index (χ4n) is 4.32. The zero-order valence-electron chi connectivity index (χ0n) is 17.8. The Morgan fingerprint density at radius 3 is 2.56 bits per heavy atom. The molecule has 32 heavy (non-hydrogen) atoms. The number of carbonyl (C=O) groups excluding carboxylic acids is 1. The lowest BCUT2D eigenvalue weighted by molar-refractivity contribution is -0.141. The lowest BCUT2D eigenvalue weighted by Gasteiger charge is -2.36. The summed E-state index contributed by atoms with van der Waals surface area (Å²) in [5.41, 5.74) is 1.35. The van der Waals surface area contributed by atoms with E-state index in [1.807, 2.05) is 0 Å². The van der Waals surface area contributed by atoms with Gasteiger partial charge in [0.25, 0.3) is 0 Å². The van der Waals surface area contributed by atoms with Crippen molar-refractivity contribution in [2.45, 2.75) is 31.0 Å². The van der Waals surface area contributed by atoms with Gasteiger partial charge in [-0.15, -0.1) is 0 Å². The van der Waals surface area contributed by atoms with Crippen LogP contribution in [0.4, 0.5) is 17.6 Å². The van der Waals surface area contributed by atoms with Crippen LogP contribution in [0.2, 0.25) is 0 Å². The molecule has 1 aliphatic rings. The Balaban J connectivity index is 1.56. The minimum absolute atomic E-state index is 0.0349. The molecule has 1 saturated heterocycles. The summed E-state index contributed by atoms with van der Waals surface area (Å²) in [6.07, 6.45) is -2.91. The third-order valence-corrected chi connectivity index (χ3v) is 5.90. The van der Waals surface area contributed by atoms with Crippen molar-refractivity contribution >= 4 is 16.9 Å². The first kappa shape index (κ1) is 22.3. The molecule has 0 radical (unpaired) electrons. The van der Waals surface area contributed by atoms with E-state index in [-0.39, 0.29) is 23.2 Å². The van der Waals surface area contributed by atoms with Gasteiger partial charge in [-0.05, 0) is 62.8 Å². The monoisotopic (exact) mass is 448 g/mol. The van der Waals surface area contributed by atoms with Crippen molar-refractivity contribution in [3.05, 3.63) is 65.2 Å². The first-order valence-electron chi connectivity index (χ1n) is 10.4. The number of benzene rings is 1.